The zero-order valence-electron chi connectivity index (χ0n) is 11.3. The molecule has 0 heterocycles. The molecule has 2 atom stereocenters. The Morgan fingerprint density at radius 1 is 1.38 bits per heavy atom. The summed E-state index contributed by atoms with van der Waals surface area (Å²) in [4.78, 5) is 12.1. The molecule has 1 saturated carbocycles. The Morgan fingerprint density at radius 2 is 2.10 bits per heavy atom. The van der Waals surface area contributed by atoms with Crippen LogP contribution in [0.3, 0.4) is 0 Å². The highest BCUT2D eigenvalue weighted by atomic mass is 79.9. The first kappa shape index (κ1) is 16.7. The molecule has 0 saturated heterocycles. The quantitative estimate of drug-likeness (QED) is 0.835. The highest BCUT2D eigenvalue weighted by molar-refractivity contribution is 9.10. The Morgan fingerprint density at radius 3 is 2.67 bits per heavy atom. The van der Waals surface area contributed by atoms with Gasteiger partial charge in [0.05, 0.1) is 11.1 Å². The number of hydrogen-bond donors (Lipinski definition) is 1. The van der Waals surface area contributed by atoms with Crippen LogP contribution in [0.4, 0.5) is 13.2 Å². The monoisotopic (exact) mass is 381 g/mol. The molecular formula is C14H15BrF3NOS. The summed E-state index contributed by atoms with van der Waals surface area (Å²) in [7, 11) is 0. The summed E-state index contributed by atoms with van der Waals surface area (Å²) in [5.41, 5.74) is -1.23. The van der Waals surface area contributed by atoms with E-state index in [1.165, 1.54) is 12.1 Å². The average Bonchev–Trinajstić information content (AvgIpc) is 2.85. The van der Waals surface area contributed by atoms with Crippen molar-refractivity contribution in [3.8, 4) is 0 Å². The van der Waals surface area contributed by atoms with Crippen molar-refractivity contribution in [2.24, 2.45) is 0 Å². The smallest absolute Gasteiger partial charge is 0.349 e. The fraction of sp³-hybridized carbons (Fsp3) is 0.500. The van der Waals surface area contributed by atoms with Crippen LogP contribution in [0.5, 0.6) is 0 Å². The molecule has 2 rings (SSSR count). The molecule has 0 bridgehead atoms. The Balaban J connectivity index is 2.16. The van der Waals surface area contributed by atoms with Gasteiger partial charge in [-0.1, -0.05) is 15.9 Å². The zero-order chi connectivity index (χ0) is 15.6. The fourth-order valence-electron chi connectivity index (χ4n) is 2.50. The van der Waals surface area contributed by atoms with Gasteiger partial charge in [0.1, 0.15) is 0 Å². The summed E-state index contributed by atoms with van der Waals surface area (Å²) in [6, 6.07) is 3.56. The predicted molar refractivity (Wildman–Crippen MR) is 81.6 cm³/mol. The minimum atomic E-state index is -4.55. The van der Waals surface area contributed by atoms with Gasteiger partial charge in [-0.15, -0.1) is 0 Å². The van der Waals surface area contributed by atoms with E-state index >= 15 is 0 Å². The molecular weight excluding hydrogens is 367 g/mol. The largest absolute Gasteiger partial charge is 0.417 e. The van der Waals surface area contributed by atoms with Crippen LogP contribution in [0, 0.1) is 0 Å². The van der Waals surface area contributed by atoms with Gasteiger partial charge in [0.2, 0.25) is 0 Å². The fourth-order valence-corrected chi connectivity index (χ4v) is 3.66. The number of hydrogen-bond acceptors (Lipinski definition) is 2. The highest BCUT2D eigenvalue weighted by Gasteiger charge is 2.36. The number of rotatable bonds is 3. The highest BCUT2D eigenvalue weighted by Crippen LogP contribution is 2.34. The first-order valence-corrected chi connectivity index (χ1v) is 8.59. The maximum Gasteiger partial charge on any atom is 0.417 e. The van der Waals surface area contributed by atoms with E-state index in [9.17, 15) is 18.0 Å². The lowest BCUT2D eigenvalue weighted by Gasteiger charge is -2.16. The zero-order valence-corrected chi connectivity index (χ0v) is 13.7. The van der Waals surface area contributed by atoms with E-state index in [-0.39, 0.29) is 11.6 Å². The summed E-state index contributed by atoms with van der Waals surface area (Å²) < 4.78 is 39.3. The van der Waals surface area contributed by atoms with E-state index < -0.39 is 17.6 Å². The second kappa shape index (κ2) is 6.60. The molecule has 1 N–H and O–H groups in total. The number of carbonyl (C=O) groups is 1. The van der Waals surface area contributed by atoms with Gasteiger partial charge in [0, 0.05) is 15.8 Å². The number of amides is 1. The van der Waals surface area contributed by atoms with Crippen LogP contribution in [0.25, 0.3) is 0 Å². The lowest BCUT2D eigenvalue weighted by atomic mass is 10.1. The van der Waals surface area contributed by atoms with Crippen molar-refractivity contribution in [3.63, 3.8) is 0 Å². The van der Waals surface area contributed by atoms with Crippen molar-refractivity contribution in [1.82, 2.24) is 5.32 Å². The van der Waals surface area contributed by atoms with Crippen LogP contribution in [-0.2, 0) is 6.18 Å². The third-order valence-corrected chi connectivity index (χ3v) is 5.17. The molecule has 116 valence electrons. The molecule has 1 aliphatic rings. The van der Waals surface area contributed by atoms with Gasteiger partial charge >= 0.3 is 6.18 Å². The first-order valence-electron chi connectivity index (χ1n) is 6.51. The summed E-state index contributed by atoms with van der Waals surface area (Å²) in [5, 5.41) is 3.20. The van der Waals surface area contributed by atoms with Gasteiger partial charge < -0.3 is 5.32 Å². The molecule has 0 aliphatic heterocycles. The lowest BCUT2D eigenvalue weighted by Crippen LogP contribution is -2.34. The van der Waals surface area contributed by atoms with Crippen molar-refractivity contribution < 1.29 is 18.0 Å². The van der Waals surface area contributed by atoms with Crippen LogP contribution in [0.1, 0.15) is 35.2 Å². The molecule has 2 unspecified atom stereocenters. The molecule has 1 aliphatic carbocycles. The van der Waals surface area contributed by atoms with Gasteiger partial charge in [-0.05, 0) is 43.7 Å². The number of carbonyl (C=O) groups excluding carboxylic acids is 1. The summed E-state index contributed by atoms with van der Waals surface area (Å²) in [5.74, 6) is -0.651. The third kappa shape index (κ3) is 4.16. The van der Waals surface area contributed by atoms with Gasteiger partial charge in [0.25, 0.3) is 5.91 Å². The maximum atomic E-state index is 13.0. The molecule has 2 nitrogen and oxygen atoms in total. The standard InChI is InChI=1S/C14H15BrF3NOS/c1-21-10-4-3-9(7-10)19-13(20)11-5-2-8(15)6-12(11)14(16,17)18/h2,5-6,9-10H,3-4,7H2,1H3,(H,19,20). The Labute approximate surface area is 134 Å². The van der Waals surface area contributed by atoms with E-state index in [1.807, 2.05) is 6.26 Å². The SMILES string of the molecule is CSC1CCC(NC(=O)c2ccc(Br)cc2C(F)(F)F)C1. The molecule has 1 amide bonds. The molecule has 0 spiro atoms. The van der Waals surface area contributed by atoms with E-state index in [4.69, 9.17) is 0 Å². The second-order valence-electron chi connectivity index (χ2n) is 5.03. The maximum absolute atomic E-state index is 13.0. The Hall–Kier alpha value is -0.690. The van der Waals surface area contributed by atoms with E-state index in [2.05, 4.69) is 21.2 Å². The Kier molecular flexibility index (Phi) is 5.24. The number of thioether (sulfide) groups is 1. The number of alkyl halides is 3. The van der Waals surface area contributed by atoms with Gasteiger partial charge in [-0.25, -0.2) is 0 Å². The summed E-state index contributed by atoms with van der Waals surface area (Å²) >= 11 is 4.74. The third-order valence-electron chi connectivity index (χ3n) is 3.58. The molecule has 1 aromatic rings. The average molecular weight is 382 g/mol. The van der Waals surface area contributed by atoms with E-state index in [1.54, 1.807) is 11.8 Å². The van der Waals surface area contributed by atoms with E-state index in [0.717, 1.165) is 25.3 Å². The predicted octanol–water partition coefficient (Wildman–Crippen LogP) is 4.48. The van der Waals surface area contributed by atoms with Crippen molar-refractivity contribution in [3.05, 3.63) is 33.8 Å². The van der Waals surface area contributed by atoms with Crippen molar-refractivity contribution in [1.29, 1.82) is 0 Å². The van der Waals surface area contributed by atoms with Gasteiger partial charge in [-0.2, -0.15) is 24.9 Å². The van der Waals surface area contributed by atoms with E-state index in [0.29, 0.717) is 9.72 Å². The van der Waals surface area contributed by atoms with Crippen LogP contribution in [0.2, 0.25) is 0 Å². The normalized spacial score (nSPS) is 22.3. The molecule has 21 heavy (non-hydrogen) atoms. The molecule has 1 aromatic carbocycles. The molecule has 1 fully saturated rings. The molecule has 0 aromatic heterocycles. The van der Waals surface area contributed by atoms with Gasteiger partial charge in [0.15, 0.2) is 0 Å². The lowest BCUT2D eigenvalue weighted by molar-refractivity contribution is -0.138. The number of halogens is 4. The van der Waals surface area contributed by atoms with Crippen molar-refractivity contribution in [2.75, 3.05) is 6.26 Å². The number of benzene rings is 1. The van der Waals surface area contributed by atoms with Gasteiger partial charge in [-0.3, -0.25) is 4.79 Å². The van der Waals surface area contributed by atoms with Crippen LogP contribution >= 0.6 is 27.7 Å². The van der Waals surface area contributed by atoms with Crippen molar-refractivity contribution >= 4 is 33.6 Å². The van der Waals surface area contributed by atoms with Crippen LogP contribution < -0.4 is 5.32 Å². The van der Waals surface area contributed by atoms with Crippen LogP contribution in [0.15, 0.2) is 22.7 Å². The van der Waals surface area contributed by atoms with Crippen LogP contribution in [-0.4, -0.2) is 23.5 Å². The Bertz CT molecular complexity index is 535. The minimum absolute atomic E-state index is 0.0420. The number of nitrogens with one attached hydrogen (secondary N) is 1. The topological polar surface area (TPSA) is 29.1 Å². The second-order valence-corrected chi connectivity index (χ2v) is 7.08. The van der Waals surface area contributed by atoms with Crippen molar-refractivity contribution in [2.45, 2.75) is 36.7 Å². The first-order chi connectivity index (χ1) is 9.81. The molecule has 7 heteroatoms. The molecule has 0 radical (unpaired) electrons. The summed E-state index contributed by atoms with van der Waals surface area (Å²) in [6.07, 6.45) is 0.0672. The summed E-state index contributed by atoms with van der Waals surface area (Å²) in [6.45, 7) is 0. The minimum Gasteiger partial charge on any atom is -0.349 e.